The van der Waals surface area contributed by atoms with E-state index in [9.17, 15) is 9.59 Å². The zero-order valence-corrected chi connectivity index (χ0v) is 16.0. The van der Waals surface area contributed by atoms with E-state index < -0.39 is 5.91 Å². The van der Waals surface area contributed by atoms with Gasteiger partial charge in [0.05, 0.1) is 23.8 Å². The summed E-state index contributed by atoms with van der Waals surface area (Å²) in [6, 6.07) is 14.3. The Morgan fingerprint density at radius 2 is 1.93 bits per heavy atom. The summed E-state index contributed by atoms with van der Waals surface area (Å²) in [7, 11) is 0. The summed E-state index contributed by atoms with van der Waals surface area (Å²) >= 11 is 0. The first-order valence-corrected chi connectivity index (χ1v) is 9.72. The molecule has 0 aliphatic heterocycles. The normalized spacial score (nSPS) is 15.3. The lowest BCUT2D eigenvalue weighted by Crippen LogP contribution is -2.35. The van der Waals surface area contributed by atoms with Crippen LogP contribution in [0.25, 0.3) is 10.9 Å². The maximum atomic E-state index is 13.1. The van der Waals surface area contributed by atoms with Crippen molar-refractivity contribution in [3.63, 3.8) is 0 Å². The van der Waals surface area contributed by atoms with Crippen LogP contribution in [0.1, 0.15) is 36.0 Å². The van der Waals surface area contributed by atoms with E-state index in [-0.39, 0.29) is 16.5 Å². The number of rotatable bonds is 6. The summed E-state index contributed by atoms with van der Waals surface area (Å²) < 4.78 is 7.66. The van der Waals surface area contributed by atoms with Gasteiger partial charge < -0.3 is 4.74 Å². The molecule has 0 radical (unpaired) electrons. The standard InChI is InChI=1S/C22H23N3O4/c26-20(24-28)16-8-9-19-18(12-16)21(27)25(15-23-19)13-22(10-4-5-11-22)14-29-17-6-2-1-3-7-17/h1-3,6-9,12,15,28H,4-5,10-11,13-14H2,(H,24,26). The zero-order valence-electron chi connectivity index (χ0n) is 16.0. The Balaban J connectivity index is 1.63. The Bertz CT molecular complexity index is 1070. The molecule has 150 valence electrons. The first-order chi connectivity index (χ1) is 14.1. The zero-order chi connectivity index (χ0) is 20.3. The van der Waals surface area contributed by atoms with Gasteiger partial charge in [0.15, 0.2) is 0 Å². The van der Waals surface area contributed by atoms with Gasteiger partial charge in [-0.2, -0.15) is 0 Å². The van der Waals surface area contributed by atoms with E-state index >= 15 is 0 Å². The van der Waals surface area contributed by atoms with Crippen molar-refractivity contribution in [3.8, 4) is 5.75 Å². The van der Waals surface area contributed by atoms with Crippen LogP contribution in [0.4, 0.5) is 0 Å². The smallest absolute Gasteiger partial charge is 0.274 e. The van der Waals surface area contributed by atoms with E-state index in [1.165, 1.54) is 12.1 Å². The van der Waals surface area contributed by atoms with Crippen LogP contribution in [0.5, 0.6) is 5.75 Å². The summed E-state index contributed by atoms with van der Waals surface area (Å²) in [5, 5.41) is 9.20. The van der Waals surface area contributed by atoms with Crippen LogP contribution in [0.15, 0.2) is 59.7 Å². The molecule has 3 aromatic rings. The third kappa shape index (κ3) is 4.00. The number of carbonyl (C=O) groups excluding carboxylic acids is 1. The maximum Gasteiger partial charge on any atom is 0.274 e. The number of benzene rings is 2. The third-order valence-corrected chi connectivity index (χ3v) is 5.65. The van der Waals surface area contributed by atoms with Crippen LogP contribution in [0, 0.1) is 5.41 Å². The average molecular weight is 393 g/mol. The van der Waals surface area contributed by atoms with Gasteiger partial charge in [0.2, 0.25) is 0 Å². The largest absolute Gasteiger partial charge is 0.493 e. The second-order valence-electron chi connectivity index (χ2n) is 7.66. The molecule has 1 amide bonds. The molecule has 1 heterocycles. The number of fused-ring (bicyclic) bond motifs is 1. The molecular weight excluding hydrogens is 370 g/mol. The molecule has 0 bridgehead atoms. The molecule has 0 atom stereocenters. The van der Waals surface area contributed by atoms with Crippen molar-refractivity contribution in [2.24, 2.45) is 5.41 Å². The van der Waals surface area contributed by atoms with Gasteiger partial charge in [-0.3, -0.25) is 19.4 Å². The Kier molecular flexibility index (Phi) is 5.31. The number of aromatic nitrogens is 2. The summed E-state index contributed by atoms with van der Waals surface area (Å²) in [5.74, 6) is 0.160. The molecule has 29 heavy (non-hydrogen) atoms. The second kappa shape index (κ2) is 8.05. The van der Waals surface area contributed by atoms with Crippen LogP contribution in [-0.4, -0.2) is 27.3 Å². The van der Waals surface area contributed by atoms with Crippen molar-refractivity contribution in [1.29, 1.82) is 0 Å². The highest BCUT2D eigenvalue weighted by Crippen LogP contribution is 2.40. The molecular formula is C22H23N3O4. The number of hydroxylamine groups is 1. The topological polar surface area (TPSA) is 93.5 Å². The Hall–Kier alpha value is -3.19. The van der Waals surface area contributed by atoms with Crippen molar-refractivity contribution in [1.82, 2.24) is 15.0 Å². The maximum absolute atomic E-state index is 13.1. The lowest BCUT2D eigenvalue weighted by atomic mass is 9.87. The van der Waals surface area contributed by atoms with Crippen LogP contribution >= 0.6 is 0 Å². The highest BCUT2D eigenvalue weighted by Gasteiger charge is 2.35. The van der Waals surface area contributed by atoms with E-state index in [1.54, 1.807) is 22.4 Å². The van der Waals surface area contributed by atoms with Crippen molar-refractivity contribution in [2.75, 3.05) is 6.61 Å². The molecule has 0 saturated heterocycles. The number of ether oxygens (including phenoxy) is 1. The second-order valence-corrected chi connectivity index (χ2v) is 7.66. The fourth-order valence-corrected chi connectivity index (χ4v) is 4.06. The summed E-state index contributed by atoms with van der Waals surface area (Å²) in [6.07, 6.45) is 5.75. The van der Waals surface area contributed by atoms with E-state index in [1.807, 2.05) is 30.3 Å². The van der Waals surface area contributed by atoms with Gasteiger partial charge in [-0.15, -0.1) is 0 Å². The number of nitrogens with one attached hydrogen (secondary N) is 1. The van der Waals surface area contributed by atoms with Gasteiger partial charge in [0.1, 0.15) is 5.75 Å². The first kappa shape index (κ1) is 19.1. The molecule has 4 rings (SSSR count). The van der Waals surface area contributed by atoms with Crippen LogP contribution in [-0.2, 0) is 6.54 Å². The number of hydrogen-bond acceptors (Lipinski definition) is 5. The summed E-state index contributed by atoms with van der Waals surface area (Å²) in [5.41, 5.74) is 1.99. The molecule has 7 heteroatoms. The number of carbonyl (C=O) groups is 1. The average Bonchev–Trinajstić information content (AvgIpc) is 3.23. The van der Waals surface area contributed by atoms with Gasteiger partial charge in [-0.1, -0.05) is 31.0 Å². The molecule has 2 aromatic carbocycles. The summed E-state index contributed by atoms with van der Waals surface area (Å²) in [4.78, 5) is 29.2. The number of para-hydroxylation sites is 1. The van der Waals surface area contributed by atoms with Gasteiger partial charge in [0, 0.05) is 17.5 Å². The molecule has 1 fully saturated rings. The lowest BCUT2D eigenvalue weighted by molar-refractivity contribution is 0.0706. The number of hydrogen-bond donors (Lipinski definition) is 2. The fourth-order valence-electron chi connectivity index (χ4n) is 4.06. The fraction of sp³-hybridized carbons (Fsp3) is 0.318. The third-order valence-electron chi connectivity index (χ3n) is 5.65. The Morgan fingerprint density at radius 3 is 2.66 bits per heavy atom. The molecule has 7 nitrogen and oxygen atoms in total. The predicted octanol–water partition coefficient (Wildman–Crippen LogP) is 3.15. The minimum Gasteiger partial charge on any atom is -0.493 e. The first-order valence-electron chi connectivity index (χ1n) is 9.72. The molecule has 1 aliphatic rings. The van der Waals surface area contributed by atoms with E-state index in [0.717, 1.165) is 31.4 Å². The number of nitrogens with zero attached hydrogens (tertiary/aromatic N) is 2. The van der Waals surface area contributed by atoms with Crippen LogP contribution in [0.3, 0.4) is 0 Å². The highest BCUT2D eigenvalue weighted by molar-refractivity contribution is 5.97. The SMILES string of the molecule is O=C(NO)c1ccc2ncn(CC3(COc4ccccc4)CCCC3)c(=O)c2c1. The Labute approximate surface area is 167 Å². The molecule has 1 aromatic heterocycles. The van der Waals surface area contributed by atoms with Gasteiger partial charge in [-0.05, 0) is 43.2 Å². The molecule has 2 N–H and O–H groups in total. The van der Waals surface area contributed by atoms with Crippen LogP contribution < -0.4 is 15.8 Å². The van der Waals surface area contributed by atoms with Crippen molar-refractivity contribution >= 4 is 16.8 Å². The monoisotopic (exact) mass is 393 g/mol. The van der Waals surface area contributed by atoms with Crippen molar-refractivity contribution < 1.29 is 14.7 Å². The van der Waals surface area contributed by atoms with Crippen molar-refractivity contribution in [2.45, 2.75) is 32.2 Å². The minimum atomic E-state index is -0.662. The van der Waals surface area contributed by atoms with Crippen LogP contribution in [0.2, 0.25) is 0 Å². The molecule has 1 aliphatic carbocycles. The van der Waals surface area contributed by atoms with Gasteiger partial charge in [-0.25, -0.2) is 10.5 Å². The predicted molar refractivity (Wildman–Crippen MR) is 108 cm³/mol. The summed E-state index contributed by atoms with van der Waals surface area (Å²) in [6.45, 7) is 1.05. The van der Waals surface area contributed by atoms with E-state index in [4.69, 9.17) is 9.94 Å². The van der Waals surface area contributed by atoms with E-state index in [0.29, 0.717) is 24.1 Å². The highest BCUT2D eigenvalue weighted by atomic mass is 16.5. The minimum absolute atomic E-state index is 0.130. The van der Waals surface area contributed by atoms with Gasteiger partial charge in [0.25, 0.3) is 11.5 Å². The molecule has 0 spiro atoms. The Morgan fingerprint density at radius 1 is 1.17 bits per heavy atom. The van der Waals surface area contributed by atoms with E-state index in [2.05, 4.69) is 4.98 Å². The molecule has 1 saturated carbocycles. The number of amides is 1. The molecule has 0 unspecified atom stereocenters. The van der Waals surface area contributed by atoms with Crippen molar-refractivity contribution in [3.05, 3.63) is 70.8 Å². The lowest BCUT2D eigenvalue weighted by Gasteiger charge is -2.29. The van der Waals surface area contributed by atoms with Gasteiger partial charge >= 0.3 is 0 Å². The quantitative estimate of drug-likeness (QED) is 0.496.